The molecular weight excluding hydrogens is 176 g/mol. The molecule has 0 saturated carbocycles. The van der Waals surface area contributed by atoms with Crippen molar-refractivity contribution in [2.75, 3.05) is 5.32 Å². The summed E-state index contributed by atoms with van der Waals surface area (Å²) in [5.74, 6) is -0.154. The van der Waals surface area contributed by atoms with E-state index in [9.17, 15) is 4.79 Å². The van der Waals surface area contributed by atoms with Crippen molar-refractivity contribution in [2.45, 2.75) is 12.0 Å². The van der Waals surface area contributed by atoms with Crippen molar-refractivity contribution in [2.24, 2.45) is 5.73 Å². The first-order valence-corrected chi connectivity index (χ1v) is 4.49. The Kier molecular flexibility index (Phi) is 1.89. The Morgan fingerprint density at radius 1 is 1.50 bits per heavy atom. The summed E-state index contributed by atoms with van der Waals surface area (Å²) in [7, 11) is 0. The SMILES string of the molecule is C=CCC1(N)C(=O)Nc2ccccc21. The number of nitrogens with two attached hydrogens (primary N) is 1. The predicted octanol–water partition coefficient (Wildman–Crippen LogP) is 1.37. The fourth-order valence-corrected chi connectivity index (χ4v) is 1.77. The second kappa shape index (κ2) is 2.96. The van der Waals surface area contributed by atoms with Gasteiger partial charge in [-0.3, -0.25) is 4.79 Å². The monoisotopic (exact) mass is 188 g/mol. The molecule has 1 atom stereocenters. The van der Waals surface area contributed by atoms with Gasteiger partial charge >= 0.3 is 0 Å². The minimum absolute atomic E-state index is 0.154. The predicted molar refractivity (Wildman–Crippen MR) is 55.8 cm³/mol. The summed E-state index contributed by atoms with van der Waals surface area (Å²) >= 11 is 0. The number of hydrogen-bond donors (Lipinski definition) is 2. The normalized spacial score (nSPS) is 24.2. The van der Waals surface area contributed by atoms with E-state index in [0.717, 1.165) is 11.3 Å². The fraction of sp³-hybridized carbons (Fsp3) is 0.182. The lowest BCUT2D eigenvalue weighted by atomic mass is 9.89. The van der Waals surface area contributed by atoms with Crippen molar-refractivity contribution in [3.63, 3.8) is 0 Å². The molecule has 0 radical (unpaired) electrons. The molecule has 3 nitrogen and oxygen atoms in total. The second-order valence-electron chi connectivity index (χ2n) is 3.46. The molecule has 3 N–H and O–H groups in total. The maximum Gasteiger partial charge on any atom is 0.249 e. The van der Waals surface area contributed by atoms with Gasteiger partial charge in [-0.1, -0.05) is 24.3 Å². The van der Waals surface area contributed by atoms with Crippen LogP contribution in [0.4, 0.5) is 5.69 Å². The summed E-state index contributed by atoms with van der Waals surface area (Å²) in [5.41, 5.74) is 6.77. The molecule has 0 aromatic heterocycles. The van der Waals surface area contributed by atoms with E-state index in [2.05, 4.69) is 11.9 Å². The van der Waals surface area contributed by atoms with E-state index < -0.39 is 5.54 Å². The third-order valence-electron chi connectivity index (χ3n) is 2.53. The number of hydrogen-bond acceptors (Lipinski definition) is 2. The number of fused-ring (bicyclic) bond motifs is 1. The summed E-state index contributed by atoms with van der Waals surface area (Å²) in [6.07, 6.45) is 2.12. The van der Waals surface area contributed by atoms with Gasteiger partial charge in [0.15, 0.2) is 0 Å². The van der Waals surface area contributed by atoms with Gasteiger partial charge in [0.25, 0.3) is 0 Å². The van der Waals surface area contributed by atoms with Crippen molar-refractivity contribution >= 4 is 11.6 Å². The molecule has 2 rings (SSSR count). The van der Waals surface area contributed by atoms with E-state index in [0.29, 0.717) is 6.42 Å². The molecule has 0 bridgehead atoms. The topological polar surface area (TPSA) is 55.1 Å². The van der Waals surface area contributed by atoms with Gasteiger partial charge in [-0.15, -0.1) is 6.58 Å². The number of rotatable bonds is 2. The second-order valence-corrected chi connectivity index (χ2v) is 3.46. The largest absolute Gasteiger partial charge is 0.324 e. The van der Waals surface area contributed by atoms with Gasteiger partial charge < -0.3 is 11.1 Å². The van der Waals surface area contributed by atoms with Gasteiger partial charge in [0.2, 0.25) is 5.91 Å². The molecule has 0 saturated heterocycles. The maximum atomic E-state index is 11.7. The zero-order valence-corrected chi connectivity index (χ0v) is 7.79. The van der Waals surface area contributed by atoms with Crippen LogP contribution in [-0.2, 0) is 10.3 Å². The summed E-state index contributed by atoms with van der Waals surface area (Å²) in [6, 6.07) is 7.48. The number of benzene rings is 1. The van der Waals surface area contributed by atoms with Gasteiger partial charge in [0.1, 0.15) is 5.54 Å². The highest BCUT2D eigenvalue weighted by Crippen LogP contribution is 2.35. The maximum absolute atomic E-state index is 11.7. The number of nitrogens with one attached hydrogen (secondary N) is 1. The number of carbonyl (C=O) groups excluding carboxylic acids is 1. The van der Waals surface area contributed by atoms with Gasteiger partial charge in [-0.05, 0) is 12.5 Å². The molecule has 0 spiro atoms. The molecule has 1 aliphatic heterocycles. The van der Waals surface area contributed by atoms with Gasteiger partial charge in [0.05, 0.1) is 0 Å². The van der Waals surface area contributed by atoms with Crippen LogP contribution in [0, 0.1) is 0 Å². The van der Waals surface area contributed by atoms with E-state index >= 15 is 0 Å². The third-order valence-corrected chi connectivity index (χ3v) is 2.53. The molecule has 3 heteroatoms. The highest BCUT2D eigenvalue weighted by atomic mass is 16.2. The first kappa shape index (κ1) is 8.97. The lowest BCUT2D eigenvalue weighted by molar-refractivity contribution is -0.120. The highest BCUT2D eigenvalue weighted by molar-refractivity contribution is 6.05. The molecule has 72 valence electrons. The summed E-state index contributed by atoms with van der Waals surface area (Å²) in [4.78, 5) is 11.7. The van der Waals surface area contributed by atoms with E-state index in [1.54, 1.807) is 6.08 Å². The summed E-state index contributed by atoms with van der Waals surface area (Å²) in [5, 5.41) is 2.76. The lowest BCUT2D eigenvalue weighted by Crippen LogP contribution is -2.42. The number of amides is 1. The third kappa shape index (κ3) is 1.06. The zero-order valence-electron chi connectivity index (χ0n) is 7.79. The van der Waals surface area contributed by atoms with E-state index in [-0.39, 0.29) is 5.91 Å². The fourth-order valence-electron chi connectivity index (χ4n) is 1.77. The summed E-state index contributed by atoms with van der Waals surface area (Å²) in [6.45, 7) is 3.62. The molecule has 1 aromatic rings. The van der Waals surface area contributed by atoms with Gasteiger partial charge in [-0.2, -0.15) is 0 Å². The lowest BCUT2D eigenvalue weighted by Gasteiger charge is -2.19. The molecule has 1 aromatic carbocycles. The number of para-hydroxylation sites is 1. The number of carbonyl (C=O) groups is 1. The van der Waals surface area contributed by atoms with Crippen molar-refractivity contribution in [1.82, 2.24) is 0 Å². The minimum Gasteiger partial charge on any atom is -0.324 e. The molecule has 1 heterocycles. The van der Waals surface area contributed by atoms with E-state index in [1.165, 1.54) is 0 Å². The van der Waals surface area contributed by atoms with Crippen molar-refractivity contribution < 1.29 is 4.79 Å². The standard InChI is InChI=1S/C11H12N2O/c1-2-7-11(12)8-5-3-4-6-9(8)13-10(11)14/h2-6H,1,7,12H2,(H,13,14). The molecule has 1 amide bonds. The first-order chi connectivity index (χ1) is 6.68. The molecule has 0 fully saturated rings. The average molecular weight is 188 g/mol. The Hall–Kier alpha value is -1.61. The Balaban J connectivity index is 2.53. The smallest absolute Gasteiger partial charge is 0.249 e. The van der Waals surface area contributed by atoms with Crippen LogP contribution in [0.1, 0.15) is 12.0 Å². The van der Waals surface area contributed by atoms with Gasteiger partial charge in [0, 0.05) is 11.3 Å². The summed E-state index contributed by atoms with van der Waals surface area (Å²) < 4.78 is 0. The van der Waals surface area contributed by atoms with Crippen LogP contribution in [0.15, 0.2) is 36.9 Å². The van der Waals surface area contributed by atoms with Crippen LogP contribution in [-0.4, -0.2) is 5.91 Å². The van der Waals surface area contributed by atoms with Crippen LogP contribution in [0.25, 0.3) is 0 Å². The molecule has 1 unspecified atom stereocenters. The average Bonchev–Trinajstić information content (AvgIpc) is 2.41. The Bertz CT molecular complexity index is 400. The van der Waals surface area contributed by atoms with Gasteiger partial charge in [-0.25, -0.2) is 0 Å². The number of anilines is 1. The van der Waals surface area contributed by atoms with E-state index in [1.807, 2.05) is 24.3 Å². The van der Waals surface area contributed by atoms with Crippen molar-refractivity contribution in [3.05, 3.63) is 42.5 Å². The van der Waals surface area contributed by atoms with Crippen molar-refractivity contribution in [1.29, 1.82) is 0 Å². The van der Waals surface area contributed by atoms with Crippen LogP contribution in [0.2, 0.25) is 0 Å². The Labute approximate surface area is 82.6 Å². The van der Waals surface area contributed by atoms with E-state index in [4.69, 9.17) is 5.73 Å². The molecule has 14 heavy (non-hydrogen) atoms. The van der Waals surface area contributed by atoms with Crippen LogP contribution < -0.4 is 11.1 Å². The Morgan fingerprint density at radius 2 is 2.21 bits per heavy atom. The Morgan fingerprint density at radius 3 is 2.93 bits per heavy atom. The van der Waals surface area contributed by atoms with Crippen LogP contribution in [0.5, 0.6) is 0 Å². The quantitative estimate of drug-likeness (QED) is 0.689. The highest BCUT2D eigenvalue weighted by Gasteiger charge is 2.41. The van der Waals surface area contributed by atoms with Crippen LogP contribution >= 0.6 is 0 Å². The zero-order chi connectivity index (χ0) is 10.2. The molecule has 0 aliphatic carbocycles. The molecular formula is C11H12N2O. The molecule has 1 aliphatic rings. The van der Waals surface area contributed by atoms with Crippen molar-refractivity contribution in [3.8, 4) is 0 Å². The first-order valence-electron chi connectivity index (χ1n) is 4.49. The van der Waals surface area contributed by atoms with Crippen LogP contribution in [0.3, 0.4) is 0 Å². The minimum atomic E-state index is -0.932.